The Labute approximate surface area is 199 Å². The summed E-state index contributed by atoms with van der Waals surface area (Å²) >= 11 is 6.10. The summed E-state index contributed by atoms with van der Waals surface area (Å²) in [5, 5.41) is 9.76. The van der Waals surface area contributed by atoms with Crippen LogP contribution < -0.4 is 5.56 Å². The second-order valence-corrected chi connectivity index (χ2v) is 8.12. The van der Waals surface area contributed by atoms with Gasteiger partial charge in [-0.3, -0.25) is 9.36 Å². The fourth-order valence-electron chi connectivity index (χ4n) is 3.93. The highest BCUT2D eigenvalue weighted by atomic mass is 35.5. The first-order chi connectivity index (χ1) is 16.7. The Morgan fingerprint density at radius 1 is 0.735 bits per heavy atom. The normalized spacial score (nSPS) is 11.2. The summed E-state index contributed by atoms with van der Waals surface area (Å²) in [6, 6.07) is 26.4. The lowest BCUT2D eigenvalue weighted by Gasteiger charge is -2.14. The van der Waals surface area contributed by atoms with Gasteiger partial charge in [-0.2, -0.15) is 10.2 Å². The highest BCUT2D eigenvalue weighted by Gasteiger charge is 2.18. The molecule has 3 aromatic carbocycles. The van der Waals surface area contributed by atoms with E-state index in [0.29, 0.717) is 27.6 Å². The van der Waals surface area contributed by atoms with Crippen molar-refractivity contribution in [3.8, 4) is 28.5 Å². The topological polar surface area (TPSA) is 70.5 Å². The summed E-state index contributed by atoms with van der Waals surface area (Å²) in [6.07, 6.45) is 5.17. The van der Waals surface area contributed by atoms with Gasteiger partial charge in [-0.15, -0.1) is 0 Å². The molecule has 0 N–H and O–H groups in total. The fraction of sp³-hybridized carbons (Fsp3) is 0. The molecular weight excluding hydrogens is 448 g/mol. The van der Waals surface area contributed by atoms with Crippen molar-refractivity contribution in [1.29, 1.82) is 0 Å². The molecule has 6 aromatic rings. The van der Waals surface area contributed by atoms with Crippen molar-refractivity contribution >= 4 is 22.6 Å². The first kappa shape index (κ1) is 20.1. The number of para-hydroxylation sites is 1. The van der Waals surface area contributed by atoms with Crippen LogP contribution in [-0.2, 0) is 0 Å². The molecule has 0 atom stereocenters. The van der Waals surface area contributed by atoms with Crippen molar-refractivity contribution in [2.75, 3.05) is 0 Å². The smallest absolute Gasteiger partial charge is 0.268 e. The third kappa shape index (κ3) is 3.39. The Morgan fingerprint density at radius 3 is 2.18 bits per heavy atom. The molecule has 0 radical (unpaired) electrons. The van der Waals surface area contributed by atoms with E-state index in [2.05, 4.69) is 10.2 Å². The van der Waals surface area contributed by atoms with Crippen LogP contribution in [0.2, 0.25) is 5.02 Å². The molecule has 0 aliphatic rings. The van der Waals surface area contributed by atoms with E-state index in [1.54, 1.807) is 50.6 Å². The van der Waals surface area contributed by atoms with E-state index in [-0.39, 0.29) is 5.56 Å². The number of halogens is 1. The zero-order valence-electron chi connectivity index (χ0n) is 17.8. The molecular formula is C26H17ClN6O. The lowest BCUT2D eigenvalue weighted by atomic mass is 10.1. The van der Waals surface area contributed by atoms with E-state index in [9.17, 15) is 4.79 Å². The Balaban J connectivity index is 1.61. The highest BCUT2D eigenvalue weighted by Crippen LogP contribution is 2.25. The van der Waals surface area contributed by atoms with Gasteiger partial charge in [0.05, 0.1) is 23.3 Å². The zero-order chi connectivity index (χ0) is 23.1. The van der Waals surface area contributed by atoms with Crippen molar-refractivity contribution in [2.45, 2.75) is 0 Å². The summed E-state index contributed by atoms with van der Waals surface area (Å²) < 4.78 is 5.06. The van der Waals surface area contributed by atoms with Crippen LogP contribution in [0.4, 0.5) is 0 Å². The highest BCUT2D eigenvalue weighted by molar-refractivity contribution is 6.30. The predicted molar refractivity (Wildman–Crippen MR) is 132 cm³/mol. The number of rotatable bonds is 4. The predicted octanol–water partition coefficient (Wildman–Crippen LogP) is 5.08. The van der Waals surface area contributed by atoms with Crippen LogP contribution in [0.3, 0.4) is 0 Å². The van der Waals surface area contributed by atoms with Crippen LogP contribution in [0, 0.1) is 0 Å². The minimum atomic E-state index is -0.208. The van der Waals surface area contributed by atoms with Crippen molar-refractivity contribution < 1.29 is 0 Å². The molecule has 0 aliphatic carbocycles. The van der Waals surface area contributed by atoms with Gasteiger partial charge < -0.3 is 0 Å². The van der Waals surface area contributed by atoms with E-state index >= 15 is 0 Å². The maximum Gasteiger partial charge on any atom is 0.269 e. The molecule has 8 heteroatoms. The summed E-state index contributed by atoms with van der Waals surface area (Å²) in [4.78, 5) is 18.7. The first-order valence-electron chi connectivity index (χ1n) is 10.6. The van der Waals surface area contributed by atoms with Crippen LogP contribution in [0.15, 0.2) is 108 Å². The molecule has 0 fully saturated rings. The van der Waals surface area contributed by atoms with E-state index < -0.39 is 0 Å². The van der Waals surface area contributed by atoms with Gasteiger partial charge in [0.25, 0.3) is 5.56 Å². The summed E-state index contributed by atoms with van der Waals surface area (Å²) in [5.74, 6) is 0.504. The van der Waals surface area contributed by atoms with Crippen LogP contribution in [-0.4, -0.2) is 29.1 Å². The molecule has 164 valence electrons. The maximum atomic E-state index is 13.7. The summed E-state index contributed by atoms with van der Waals surface area (Å²) in [7, 11) is 0. The zero-order valence-corrected chi connectivity index (χ0v) is 18.5. The number of aromatic nitrogens is 6. The van der Waals surface area contributed by atoms with Crippen LogP contribution in [0.1, 0.15) is 0 Å². The first-order valence-corrected chi connectivity index (χ1v) is 11.0. The van der Waals surface area contributed by atoms with Gasteiger partial charge in [-0.1, -0.05) is 29.8 Å². The van der Waals surface area contributed by atoms with Crippen LogP contribution in [0.5, 0.6) is 0 Å². The second-order valence-electron chi connectivity index (χ2n) is 7.68. The average Bonchev–Trinajstić information content (AvgIpc) is 3.56. The molecule has 0 bridgehead atoms. The summed E-state index contributed by atoms with van der Waals surface area (Å²) in [6.45, 7) is 0. The van der Waals surface area contributed by atoms with Gasteiger partial charge >= 0.3 is 0 Å². The lowest BCUT2D eigenvalue weighted by molar-refractivity contribution is 0.879. The van der Waals surface area contributed by atoms with Gasteiger partial charge in [-0.25, -0.2) is 14.3 Å². The van der Waals surface area contributed by atoms with Gasteiger partial charge in [-0.05, 0) is 66.7 Å². The van der Waals surface area contributed by atoms with E-state index in [0.717, 1.165) is 16.9 Å². The molecule has 3 heterocycles. The molecule has 0 amide bonds. The van der Waals surface area contributed by atoms with Crippen LogP contribution >= 0.6 is 11.6 Å². The SMILES string of the molecule is O=c1c2cnn(-c3ccccc3)c2nc(-c2ccc(-n3cccn3)cc2)n1-c1ccc(Cl)cc1. The van der Waals surface area contributed by atoms with Gasteiger partial charge in [0.1, 0.15) is 11.2 Å². The Morgan fingerprint density at radius 2 is 1.47 bits per heavy atom. The Kier molecular flexibility index (Phi) is 4.82. The van der Waals surface area contributed by atoms with E-state index in [1.165, 1.54) is 0 Å². The fourth-order valence-corrected chi connectivity index (χ4v) is 4.06. The number of nitrogens with zero attached hydrogens (tertiary/aromatic N) is 6. The molecule has 3 aromatic heterocycles. The van der Waals surface area contributed by atoms with Crippen LogP contribution in [0.25, 0.3) is 39.5 Å². The van der Waals surface area contributed by atoms with Crippen molar-refractivity contribution in [3.63, 3.8) is 0 Å². The Bertz CT molecular complexity index is 1650. The third-order valence-corrected chi connectivity index (χ3v) is 5.83. The standard InChI is InChI=1S/C26H17ClN6O/c27-19-9-13-21(14-10-19)32-24(18-7-11-20(12-8-18)31-16-4-15-28-31)30-25-23(26(32)34)17-29-33(25)22-5-2-1-3-6-22/h1-17H. The molecule has 7 nitrogen and oxygen atoms in total. The molecule has 0 unspecified atom stereocenters. The van der Waals surface area contributed by atoms with Crippen molar-refractivity contribution in [1.82, 2.24) is 29.1 Å². The number of hydrogen-bond donors (Lipinski definition) is 0. The maximum absolute atomic E-state index is 13.7. The quantitative estimate of drug-likeness (QED) is 0.365. The average molecular weight is 465 g/mol. The van der Waals surface area contributed by atoms with E-state index in [4.69, 9.17) is 16.6 Å². The second kappa shape index (κ2) is 8.13. The Hall–Kier alpha value is -4.49. The molecule has 6 rings (SSSR count). The third-order valence-electron chi connectivity index (χ3n) is 5.58. The number of fused-ring (bicyclic) bond motifs is 1. The minimum absolute atomic E-state index is 0.208. The lowest BCUT2D eigenvalue weighted by Crippen LogP contribution is -2.22. The van der Waals surface area contributed by atoms with Gasteiger partial charge in [0.15, 0.2) is 5.65 Å². The molecule has 0 aliphatic heterocycles. The van der Waals surface area contributed by atoms with Crippen molar-refractivity contribution in [3.05, 3.63) is 119 Å². The molecule has 0 saturated heterocycles. The van der Waals surface area contributed by atoms with E-state index in [1.807, 2.05) is 66.9 Å². The van der Waals surface area contributed by atoms with Gasteiger partial charge in [0, 0.05) is 23.0 Å². The molecule has 0 saturated carbocycles. The minimum Gasteiger partial charge on any atom is -0.268 e. The molecule has 0 spiro atoms. The van der Waals surface area contributed by atoms with Gasteiger partial charge in [0.2, 0.25) is 0 Å². The van der Waals surface area contributed by atoms with Crippen molar-refractivity contribution in [2.24, 2.45) is 0 Å². The molecule has 34 heavy (non-hydrogen) atoms. The monoisotopic (exact) mass is 464 g/mol. The number of hydrogen-bond acceptors (Lipinski definition) is 4. The largest absolute Gasteiger partial charge is 0.269 e. The summed E-state index contributed by atoms with van der Waals surface area (Å²) in [5.41, 5.74) is 3.47. The number of benzene rings is 3.